The van der Waals surface area contributed by atoms with Gasteiger partial charge in [-0.25, -0.2) is 4.98 Å². The van der Waals surface area contributed by atoms with Crippen LogP contribution in [-0.4, -0.2) is 36.2 Å². The van der Waals surface area contributed by atoms with Gasteiger partial charge in [-0.15, -0.1) is 11.3 Å². The van der Waals surface area contributed by atoms with Crippen molar-refractivity contribution < 1.29 is 19.1 Å². The van der Waals surface area contributed by atoms with Gasteiger partial charge >= 0.3 is 0 Å². The van der Waals surface area contributed by atoms with Gasteiger partial charge in [-0.05, 0) is 18.2 Å². The number of hydrogen-bond donors (Lipinski definition) is 1. The molecule has 0 aliphatic carbocycles. The van der Waals surface area contributed by atoms with Crippen molar-refractivity contribution in [3.63, 3.8) is 0 Å². The van der Waals surface area contributed by atoms with Gasteiger partial charge < -0.3 is 10.1 Å². The lowest BCUT2D eigenvalue weighted by Crippen LogP contribution is -2.43. The summed E-state index contributed by atoms with van der Waals surface area (Å²) in [5.74, 6) is -0.246. The van der Waals surface area contributed by atoms with Gasteiger partial charge in [-0.3, -0.25) is 19.3 Å². The molecule has 0 unspecified atom stereocenters. The van der Waals surface area contributed by atoms with Crippen molar-refractivity contribution in [3.05, 3.63) is 35.3 Å². The molecular formula is C14H11N3O4S. The number of nitrogens with one attached hydrogen (secondary N) is 1. The summed E-state index contributed by atoms with van der Waals surface area (Å²) in [6, 6.07) is 4.72. The van der Waals surface area contributed by atoms with Crippen molar-refractivity contribution in [2.75, 3.05) is 23.4 Å². The van der Waals surface area contributed by atoms with Crippen LogP contribution in [0.15, 0.2) is 29.8 Å². The average Bonchev–Trinajstić information content (AvgIpc) is 3.02. The Bertz CT molecular complexity index is 730. The number of rotatable bonds is 4. The number of anilines is 2. The number of carbonyl (C=O) groups is 3. The van der Waals surface area contributed by atoms with Gasteiger partial charge in [0.1, 0.15) is 18.6 Å². The van der Waals surface area contributed by atoms with E-state index in [9.17, 15) is 14.4 Å². The summed E-state index contributed by atoms with van der Waals surface area (Å²) in [6.45, 7) is -0.310. The van der Waals surface area contributed by atoms with E-state index in [1.807, 2.05) is 0 Å². The number of aldehydes is 1. The van der Waals surface area contributed by atoms with Crippen molar-refractivity contribution in [1.82, 2.24) is 4.98 Å². The molecule has 0 spiro atoms. The number of carbonyl (C=O) groups excluding carboxylic acids is 3. The number of fused-ring (bicyclic) bond motifs is 1. The van der Waals surface area contributed by atoms with Crippen molar-refractivity contribution in [2.45, 2.75) is 0 Å². The number of aromatic nitrogens is 1. The summed E-state index contributed by atoms with van der Waals surface area (Å²) in [6.07, 6.45) is 2.25. The zero-order valence-corrected chi connectivity index (χ0v) is 12.1. The molecule has 1 aromatic heterocycles. The number of nitrogens with zero attached hydrogens (tertiary/aromatic N) is 2. The van der Waals surface area contributed by atoms with Crippen LogP contribution in [0.1, 0.15) is 10.4 Å². The molecule has 2 heterocycles. The second-order valence-electron chi connectivity index (χ2n) is 4.50. The molecule has 0 bridgehead atoms. The Hall–Kier alpha value is -2.74. The zero-order chi connectivity index (χ0) is 15.5. The van der Waals surface area contributed by atoms with Crippen LogP contribution in [0.3, 0.4) is 0 Å². The van der Waals surface area contributed by atoms with Crippen molar-refractivity contribution in [3.8, 4) is 5.75 Å². The smallest absolute Gasteiger partial charge is 0.265 e. The van der Waals surface area contributed by atoms with Crippen LogP contribution < -0.4 is 15.0 Å². The van der Waals surface area contributed by atoms with Crippen LogP contribution in [0.5, 0.6) is 5.75 Å². The van der Waals surface area contributed by atoms with Crippen LogP contribution in [0.4, 0.5) is 10.8 Å². The Morgan fingerprint density at radius 2 is 2.36 bits per heavy atom. The minimum atomic E-state index is -0.368. The minimum Gasteiger partial charge on any atom is -0.482 e. The summed E-state index contributed by atoms with van der Waals surface area (Å²) in [5.41, 5.74) is 0.817. The molecule has 1 aliphatic heterocycles. The average molecular weight is 317 g/mol. The van der Waals surface area contributed by atoms with E-state index >= 15 is 0 Å². The number of hydrogen-bond acceptors (Lipinski definition) is 6. The lowest BCUT2D eigenvalue weighted by molar-refractivity contribution is -0.123. The van der Waals surface area contributed by atoms with E-state index in [1.165, 1.54) is 22.3 Å². The van der Waals surface area contributed by atoms with Gasteiger partial charge in [0, 0.05) is 17.1 Å². The number of thiazole rings is 1. The molecular weight excluding hydrogens is 306 g/mol. The molecule has 22 heavy (non-hydrogen) atoms. The largest absolute Gasteiger partial charge is 0.482 e. The molecule has 7 nitrogen and oxygen atoms in total. The molecule has 8 heteroatoms. The molecule has 112 valence electrons. The molecule has 1 aliphatic rings. The van der Waals surface area contributed by atoms with E-state index in [0.29, 0.717) is 28.4 Å². The Morgan fingerprint density at radius 3 is 3.09 bits per heavy atom. The van der Waals surface area contributed by atoms with Crippen LogP contribution in [-0.2, 0) is 9.59 Å². The molecule has 2 amide bonds. The highest BCUT2D eigenvalue weighted by molar-refractivity contribution is 7.13. The molecule has 0 saturated carbocycles. The predicted molar refractivity (Wildman–Crippen MR) is 80.4 cm³/mol. The highest BCUT2D eigenvalue weighted by atomic mass is 32.1. The summed E-state index contributed by atoms with van der Waals surface area (Å²) in [7, 11) is 0. The second-order valence-corrected chi connectivity index (χ2v) is 5.39. The Balaban J connectivity index is 1.82. The normalized spacial score (nSPS) is 13.3. The first-order valence-corrected chi connectivity index (χ1v) is 7.27. The van der Waals surface area contributed by atoms with E-state index in [2.05, 4.69) is 10.3 Å². The van der Waals surface area contributed by atoms with Gasteiger partial charge in [0.25, 0.3) is 5.91 Å². The van der Waals surface area contributed by atoms with E-state index in [0.717, 1.165) is 0 Å². The molecule has 0 fully saturated rings. The fourth-order valence-electron chi connectivity index (χ4n) is 2.05. The maximum Gasteiger partial charge on any atom is 0.265 e. The quantitative estimate of drug-likeness (QED) is 0.859. The van der Waals surface area contributed by atoms with Crippen molar-refractivity contribution in [1.29, 1.82) is 0 Å². The monoisotopic (exact) mass is 317 g/mol. The Morgan fingerprint density at radius 1 is 1.50 bits per heavy atom. The third kappa shape index (κ3) is 2.82. The lowest BCUT2D eigenvalue weighted by Gasteiger charge is -2.28. The molecule has 0 saturated heterocycles. The SMILES string of the molecule is O=Cc1ccc2c(c1)N(CC(=O)Nc1nccs1)C(=O)CO2. The van der Waals surface area contributed by atoms with E-state index < -0.39 is 0 Å². The number of ether oxygens (including phenoxy) is 1. The fourth-order valence-corrected chi connectivity index (χ4v) is 2.60. The Labute approximate surface area is 129 Å². The minimum absolute atomic E-state index is 0.141. The molecule has 1 N–H and O–H groups in total. The summed E-state index contributed by atoms with van der Waals surface area (Å²) >= 11 is 1.29. The molecule has 2 aromatic rings. The summed E-state index contributed by atoms with van der Waals surface area (Å²) in [5, 5.41) is 4.82. The van der Waals surface area contributed by atoms with Gasteiger partial charge in [0.15, 0.2) is 11.7 Å². The molecule has 3 rings (SSSR count). The molecule has 1 aromatic carbocycles. The van der Waals surface area contributed by atoms with Crippen LogP contribution in [0.2, 0.25) is 0 Å². The maximum atomic E-state index is 12.0. The first-order chi connectivity index (χ1) is 10.7. The van der Waals surface area contributed by atoms with Gasteiger partial charge in [0.05, 0.1) is 5.69 Å². The van der Waals surface area contributed by atoms with E-state index in [4.69, 9.17) is 4.74 Å². The van der Waals surface area contributed by atoms with Crippen LogP contribution >= 0.6 is 11.3 Å². The second kappa shape index (κ2) is 5.94. The highest BCUT2D eigenvalue weighted by Gasteiger charge is 2.27. The highest BCUT2D eigenvalue weighted by Crippen LogP contribution is 2.32. The topological polar surface area (TPSA) is 88.6 Å². The van der Waals surface area contributed by atoms with E-state index in [1.54, 1.807) is 23.7 Å². The number of amides is 2. The fraction of sp³-hybridized carbons (Fsp3) is 0.143. The van der Waals surface area contributed by atoms with E-state index in [-0.39, 0.29) is 25.0 Å². The first-order valence-electron chi connectivity index (χ1n) is 6.39. The molecule has 0 atom stereocenters. The summed E-state index contributed by atoms with van der Waals surface area (Å²) in [4.78, 5) is 40.2. The third-order valence-corrected chi connectivity index (χ3v) is 3.73. The maximum absolute atomic E-state index is 12.0. The van der Waals surface area contributed by atoms with Crippen LogP contribution in [0, 0.1) is 0 Å². The first kappa shape index (κ1) is 14.2. The van der Waals surface area contributed by atoms with Crippen LogP contribution in [0.25, 0.3) is 0 Å². The standard InChI is InChI=1S/C14H11N3O4S/c18-7-9-1-2-11-10(5-9)17(13(20)8-21-11)6-12(19)16-14-15-3-4-22-14/h1-5,7H,6,8H2,(H,15,16,19). The van der Waals surface area contributed by atoms with Gasteiger partial charge in [-0.2, -0.15) is 0 Å². The molecule has 0 radical (unpaired) electrons. The number of benzene rings is 1. The zero-order valence-electron chi connectivity index (χ0n) is 11.3. The third-order valence-electron chi connectivity index (χ3n) is 3.04. The van der Waals surface area contributed by atoms with Gasteiger partial charge in [-0.1, -0.05) is 0 Å². The summed E-state index contributed by atoms with van der Waals surface area (Å²) < 4.78 is 5.30. The predicted octanol–water partition coefficient (Wildman–Crippen LogP) is 1.32. The van der Waals surface area contributed by atoms with Crippen molar-refractivity contribution in [2.24, 2.45) is 0 Å². The van der Waals surface area contributed by atoms with Crippen molar-refractivity contribution >= 4 is 40.3 Å². The lowest BCUT2D eigenvalue weighted by atomic mass is 10.1. The Kier molecular flexibility index (Phi) is 3.84. The van der Waals surface area contributed by atoms with Gasteiger partial charge in [0.2, 0.25) is 5.91 Å².